The molecule has 0 bridgehead atoms. The zero-order chi connectivity index (χ0) is 21.3. The quantitative estimate of drug-likeness (QED) is 0.393. The number of carboxylic acid groups (broad SMARTS) is 1. The van der Waals surface area contributed by atoms with E-state index in [9.17, 15) is 14.7 Å². The highest BCUT2D eigenvalue weighted by atomic mass is 35.5. The zero-order valence-corrected chi connectivity index (χ0v) is 17.8. The summed E-state index contributed by atoms with van der Waals surface area (Å²) in [4.78, 5) is 26.1. The van der Waals surface area contributed by atoms with Crippen molar-refractivity contribution in [1.29, 1.82) is 0 Å². The van der Waals surface area contributed by atoms with E-state index in [1.54, 1.807) is 29.2 Å². The molecule has 1 saturated heterocycles. The molecule has 1 aliphatic rings. The Kier molecular flexibility index (Phi) is 5.76. The van der Waals surface area contributed by atoms with Crippen LogP contribution in [-0.2, 0) is 11.3 Å². The Hall–Kier alpha value is -2.87. The molecule has 1 amide bonds. The fraction of sp³-hybridized carbons (Fsp3) is 0.0455. The van der Waals surface area contributed by atoms with E-state index in [1.807, 2.05) is 30.3 Å². The van der Waals surface area contributed by atoms with E-state index in [0.29, 0.717) is 32.9 Å². The number of nitrogens with zero attached hydrogens (tertiary/aromatic N) is 1. The molecule has 3 aromatic rings. The lowest BCUT2D eigenvalue weighted by molar-refractivity contribution is -0.122. The molecule has 1 fully saturated rings. The first-order valence-electron chi connectivity index (χ1n) is 8.85. The molecule has 2 heterocycles. The molecule has 0 atom stereocenters. The maximum Gasteiger partial charge on any atom is 0.337 e. The molecule has 0 radical (unpaired) electrons. The molecule has 8 heteroatoms. The van der Waals surface area contributed by atoms with Gasteiger partial charge in [0.05, 0.1) is 22.0 Å². The van der Waals surface area contributed by atoms with Gasteiger partial charge in [0.25, 0.3) is 5.91 Å². The lowest BCUT2D eigenvalue weighted by Gasteiger charge is -2.14. The van der Waals surface area contributed by atoms with Gasteiger partial charge < -0.3 is 9.52 Å². The highest BCUT2D eigenvalue weighted by Gasteiger charge is 2.32. The van der Waals surface area contributed by atoms with Gasteiger partial charge in [-0.15, -0.1) is 0 Å². The highest BCUT2D eigenvalue weighted by molar-refractivity contribution is 8.26. The Morgan fingerprint density at radius 1 is 1.17 bits per heavy atom. The molecule has 1 N–H and O–H groups in total. The predicted octanol–water partition coefficient (Wildman–Crippen LogP) is 5.70. The molecule has 1 aliphatic heterocycles. The number of aromatic carboxylic acids is 1. The van der Waals surface area contributed by atoms with Gasteiger partial charge in [-0.1, -0.05) is 65.9 Å². The van der Waals surface area contributed by atoms with Crippen molar-refractivity contribution in [3.05, 3.63) is 87.5 Å². The third kappa shape index (κ3) is 4.18. The van der Waals surface area contributed by atoms with Crippen molar-refractivity contribution in [2.75, 3.05) is 0 Å². The Morgan fingerprint density at radius 2 is 1.93 bits per heavy atom. The molecule has 5 nitrogen and oxygen atoms in total. The number of carbonyl (C=O) groups is 2. The van der Waals surface area contributed by atoms with Crippen LogP contribution in [0.15, 0.2) is 70.0 Å². The summed E-state index contributed by atoms with van der Waals surface area (Å²) in [6, 6.07) is 17.7. The zero-order valence-electron chi connectivity index (χ0n) is 15.4. The minimum atomic E-state index is -1.12. The SMILES string of the molecule is O=C(O)c1cc(-c2ccc(/C=C3/SC(=S)N(Cc4ccccc4)C3=O)o2)ccc1Cl. The van der Waals surface area contributed by atoms with E-state index in [2.05, 4.69) is 0 Å². The first-order valence-corrected chi connectivity index (χ1v) is 10.4. The Morgan fingerprint density at radius 3 is 2.67 bits per heavy atom. The second kappa shape index (κ2) is 8.47. The van der Waals surface area contributed by atoms with E-state index in [0.717, 1.165) is 5.56 Å². The summed E-state index contributed by atoms with van der Waals surface area (Å²) in [7, 11) is 0. The van der Waals surface area contributed by atoms with Crippen molar-refractivity contribution >= 4 is 57.9 Å². The van der Waals surface area contributed by atoms with Crippen molar-refractivity contribution in [1.82, 2.24) is 4.90 Å². The van der Waals surface area contributed by atoms with Gasteiger partial charge in [-0.2, -0.15) is 0 Å². The van der Waals surface area contributed by atoms with Crippen molar-refractivity contribution in [2.45, 2.75) is 6.54 Å². The number of carboxylic acids is 1. The Labute approximate surface area is 186 Å². The average molecular weight is 456 g/mol. The maximum absolute atomic E-state index is 12.8. The number of thioether (sulfide) groups is 1. The van der Waals surface area contributed by atoms with Crippen LogP contribution in [0, 0.1) is 0 Å². The lowest BCUT2D eigenvalue weighted by atomic mass is 10.1. The van der Waals surface area contributed by atoms with Gasteiger partial charge >= 0.3 is 5.97 Å². The summed E-state index contributed by atoms with van der Waals surface area (Å²) >= 11 is 12.5. The lowest BCUT2D eigenvalue weighted by Crippen LogP contribution is -2.27. The minimum Gasteiger partial charge on any atom is -0.478 e. The normalized spacial score (nSPS) is 15.2. The van der Waals surface area contributed by atoms with Crippen molar-refractivity contribution in [3.8, 4) is 11.3 Å². The summed E-state index contributed by atoms with van der Waals surface area (Å²) in [5, 5.41) is 9.39. The van der Waals surface area contributed by atoms with E-state index in [-0.39, 0.29) is 16.5 Å². The van der Waals surface area contributed by atoms with Crippen LogP contribution in [0.3, 0.4) is 0 Å². The Balaban J connectivity index is 1.56. The second-order valence-electron chi connectivity index (χ2n) is 6.46. The van der Waals surface area contributed by atoms with Crippen LogP contribution in [0.25, 0.3) is 17.4 Å². The Bertz CT molecular complexity index is 1190. The molecular weight excluding hydrogens is 442 g/mol. The summed E-state index contributed by atoms with van der Waals surface area (Å²) in [6.07, 6.45) is 1.64. The number of thiocarbonyl (C=S) groups is 1. The number of hydrogen-bond acceptors (Lipinski definition) is 5. The highest BCUT2D eigenvalue weighted by Crippen LogP contribution is 2.35. The van der Waals surface area contributed by atoms with Crippen LogP contribution in [-0.4, -0.2) is 26.2 Å². The number of amides is 1. The second-order valence-corrected chi connectivity index (χ2v) is 8.54. The number of furan rings is 1. The van der Waals surface area contributed by atoms with Crippen LogP contribution < -0.4 is 0 Å². The van der Waals surface area contributed by atoms with E-state index in [1.165, 1.54) is 23.9 Å². The third-order valence-corrected chi connectivity index (χ3v) is 6.15. The molecule has 0 aliphatic carbocycles. The monoisotopic (exact) mass is 455 g/mol. The molecule has 150 valence electrons. The van der Waals surface area contributed by atoms with Crippen molar-refractivity contribution in [2.24, 2.45) is 0 Å². The molecular formula is C22H14ClNO4S2. The van der Waals surface area contributed by atoms with Gasteiger partial charge in [-0.25, -0.2) is 4.79 Å². The van der Waals surface area contributed by atoms with Gasteiger partial charge in [0.15, 0.2) is 0 Å². The van der Waals surface area contributed by atoms with Gasteiger partial charge in [-0.3, -0.25) is 9.69 Å². The largest absolute Gasteiger partial charge is 0.478 e. The number of carbonyl (C=O) groups excluding carboxylic acids is 1. The summed E-state index contributed by atoms with van der Waals surface area (Å²) in [6.45, 7) is 0.412. The number of hydrogen-bond donors (Lipinski definition) is 1. The van der Waals surface area contributed by atoms with Crippen LogP contribution in [0.2, 0.25) is 5.02 Å². The maximum atomic E-state index is 12.8. The van der Waals surface area contributed by atoms with E-state index in [4.69, 9.17) is 28.2 Å². The molecule has 0 saturated carbocycles. The van der Waals surface area contributed by atoms with Crippen LogP contribution in [0.5, 0.6) is 0 Å². The van der Waals surface area contributed by atoms with Crippen molar-refractivity contribution < 1.29 is 19.1 Å². The molecule has 0 spiro atoms. The van der Waals surface area contributed by atoms with Crippen LogP contribution >= 0.6 is 35.6 Å². The summed E-state index contributed by atoms with van der Waals surface area (Å²) in [5.41, 5.74) is 1.56. The fourth-order valence-electron chi connectivity index (χ4n) is 2.96. The van der Waals surface area contributed by atoms with E-state index < -0.39 is 5.97 Å². The molecule has 0 unspecified atom stereocenters. The van der Waals surface area contributed by atoms with Crippen molar-refractivity contribution in [3.63, 3.8) is 0 Å². The number of rotatable bonds is 5. The van der Waals surface area contributed by atoms with Gasteiger partial charge in [0, 0.05) is 11.6 Å². The molecule has 1 aromatic heterocycles. The summed E-state index contributed by atoms with van der Waals surface area (Å²) in [5.74, 6) is -0.348. The average Bonchev–Trinajstić information content (AvgIpc) is 3.29. The molecule has 2 aromatic carbocycles. The van der Waals surface area contributed by atoms with Gasteiger partial charge in [-0.05, 0) is 35.9 Å². The third-order valence-electron chi connectivity index (χ3n) is 4.44. The number of benzene rings is 2. The first kappa shape index (κ1) is 20.4. The van der Waals surface area contributed by atoms with Crippen LogP contribution in [0.1, 0.15) is 21.7 Å². The first-order chi connectivity index (χ1) is 14.4. The minimum absolute atomic E-state index is 0.00565. The standard InChI is InChI=1S/C22H14ClNO4S2/c23-17-8-6-14(10-16(17)21(26)27)18-9-7-15(28-18)11-19-20(25)24(22(29)30-19)12-13-4-2-1-3-5-13/h1-11H,12H2,(H,26,27)/b19-11+. The smallest absolute Gasteiger partial charge is 0.337 e. The predicted molar refractivity (Wildman–Crippen MR) is 121 cm³/mol. The fourth-order valence-corrected chi connectivity index (χ4v) is 4.39. The van der Waals surface area contributed by atoms with Gasteiger partial charge in [0.2, 0.25) is 0 Å². The topological polar surface area (TPSA) is 70.8 Å². The number of halogens is 1. The van der Waals surface area contributed by atoms with Crippen LogP contribution in [0.4, 0.5) is 0 Å². The van der Waals surface area contributed by atoms with Gasteiger partial charge in [0.1, 0.15) is 15.8 Å². The molecule has 4 rings (SSSR count). The van der Waals surface area contributed by atoms with E-state index >= 15 is 0 Å². The molecule has 30 heavy (non-hydrogen) atoms. The summed E-state index contributed by atoms with van der Waals surface area (Å²) < 4.78 is 6.29.